The second-order valence-electron chi connectivity index (χ2n) is 7.94. The Balaban J connectivity index is 1.36. The van der Waals surface area contributed by atoms with E-state index in [-0.39, 0.29) is 24.2 Å². The molecule has 3 heterocycles. The molecule has 4 atom stereocenters. The number of benzene rings is 2. The van der Waals surface area contributed by atoms with E-state index in [1.165, 1.54) is 6.33 Å². The zero-order chi connectivity index (χ0) is 22.9. The molecule has 2 aliphatic heterocycles. The maximum atomic E-state index is 6.15. The average Bonchev–Trinajstić information content (AvgIpc) is 3.42. The van der Waals surface area contributed by atoms with Gasteiger partial charge in [0.15, 0.2) is 11.5 Å². The summed E-state index contributed by atoms with van der Waals surface area (Å²) >= 11 is 12.2. The van der Waals surface area contributed by atoms with Gasteiger partial charge in [-0.25, -0.2) is 9.97 Å². The van der Waals surface area contributed by atoms with Crippen LogP contribution in [0.1, 0.15) is 0 Å². The van der Waals surface area contributed by atoms with E-state index >= 15 is 0 Å². The van der Waals surface area contributed by atoms with Gasteiger partial charge in [0, 0.05) is 30.2 Å². The van der Waals surface area contributed by atoms with E-state index < -0.39 is 0 Å². The van der Waals surface area contributed by atoms with Crippen molar-refractivity contribution in [2.24, 2.45) is 5.92 Å². The lowest BCUT2D eigenvalue weighted by molar-refractivity contribution is -0.0104. The number of ether oxygens (including phenoxy) is 5. The number of hydrogen-bond acceptors (Lipinski definition) is 8. The minimum atomic E-state index is -0.0511. The Morgan fingerprint density at radius 1 is 1.00 bits per heavy atom. The highest BCUT2D eigenvalue weighted by Crippen LogP contribution is 2.37. The van der Waals surface area contributed by atoms with E-state index in [4.69, 9.17) is 46.9 Å². The molecular weight excluding hydrogens is 469 g/mol. The van der Waals surface area contributed by atoms with Crippen LogP contribution in [0.5, 0.6) is 11.5 Å². The van der Waals surface area contributed by atoms with Crippen LogP contribution in [0.3, 0.4) is 0 Å². The lowest BCUT2D eigenvalue weighted by Crippen LogP contribution is -2.32. The Hall–Kier alpha value is -2.36. The highest BCUT2D eigenvalue weighted by Gasteiger charge is 2.48. The Labute approximate surface area is 201 Å². The molecule has 2 fully saturated rings. The van der Waals surface area contributed by atoms with Crippen molar-refractivity contribution in [3.63, 3.8) is 0 Å². The first-order valence-electron chi connectivity index (χ1n) is 10.5. The SMILES string of the molecule is COc1cc2c(Nc3ccc(Cl)c(Cl)c3)ncnc2cc1OC[C@@H]1COC2C(OC)CO[C@H]21. The molecule has 0 spiro atoms. The van der Waals surface area contributed by atoms with E-state index in [2.05, 4.69) is 15.3 Å². The molecule has 2 aliphatic rings. The van der Waals surface area contributed by atoms with Crippen LogP contribution >= 0.6 is 23.2 Å². The van der Waals surface area contributed by atoms with Crippen molar-refractivity contribution in [1.82, 2.24) is 9.97 Å². The molecule has 0 aliphatic carbocycles. The average molecular weight is 492 g/mol. The predicted octanol–water partition coefficient (Wildman–Crippen LogP) is 4.50. The van der Waals surface area contributed by atoms with E-state index in [9.17, 15) is 0 Å². The summed E-state index contributed by atoms with van der Waals surface area (Å²) in [5.74, 6) is 1.88. The molecule has 8 nitrogen and oxygen atoms in total. The normalized spacial score (nSPS) is 24.1. The molecule has 2 aromatic carbocycles. The van der Waals surface area contributed by atoms with Gasteiger partial charge in [-0.15, -0.1) is 0 Å². The largest absolute Gasteiger partial charge is 0.493 e. The highest BCUT2D eigenvalue weighted by atomic mass is 35.5. The van der Waals surface area contributed by atoms with E-state index in [1.54, 1.807) is 26.4 Å². The summed E-state index contributed by atoms with van der Waals surface area (Å²) in [6.07, 6.45) is 1.37. The van der Waals surface area contributed by atoms with Gasteiger partial charge in [-0.1, -0.05) is 23.2 Å². The number of anilines is 2. The van der Waals surface area contributed by atoms with Crippen LogP contribution in [0, 0.1) is 5.92 Å². The van der Waals surface area contributed by atoms with Crippen molar-refractivity contribution < 1.29 is 23.7 Å². The third kappa shape index (κ3) is 4.41. The Kier molecular flexibility index (Phi) is 6.44. The first-order chi connectivity index (χ1) is 16.1. The van der Waals surface area contributed by atoms with Crippen LogP contribution in [0.15, 0.2) is 36.7 Å². The monoisotopic (exact) mass is 491 g/mol. The molecule has 33 heavy (non-hydrogen) atoms. The van der Waals surface area contributed by atoms with Crippen molar-refractivity contribution in [3.05, 3.63) is 46.7 Å². The molecule has 3 aromatic rings. The smallest absolute Gasteiger partial charge is 0.163 e. The number of aromatic nitrogens is 2. The Morgan fingerprint density at radius 3 is 2.64 bits per heavy atom. The minimum Gasteiger partial charge on any atom is -0.493 e. The molecule has 0 radical (unpaired) electrons. The van der Waals surface area contributed by atoms with Crippen LogP contribution in [-0.2, 0) is 14.2 Å². The molecule has 1 aromatic heterocycles. The zero-order valence-corrected chi connectivity index (χ0v) is 19.6. The molecule has 0 amide bonds. The zero-order valence-electron chi connectivity index (χ0n) is 18.1. The number of halogens is 2. The van der Waals surface area contributed by atoms with E-state index in [0.29, 0.717) is 52.7 Å². The number of hydrogen-bond donors (Lipinski definition) is 1. The van der Waals surface area contributed by atoms with Crippen molar-refractivity contribution in [1.29, 1.82) is 0 Å². The maximum Gasteiger partial charge on any atom is 0.163 e. The molecule has 2 unspecified atom stereocenters. The first-order valence-corrected chi connectivity index (χ1v) is 11.3. The molecule has 1 N–H and O–H groups in total. The number of nitrogens with one attached hydrogen (secondary N) is 1. The fourth-order valence-corrected chi connectivity index (χ4v) is 4.53. The van der Waals surface area contributed by atoms with Crippen LogP contribution in [-0.4, -0.2) is 62.3 Å². The quantitative estimate of drug-likeness (QED) is 0.517. The summed E-state index contributed by atoms with van der Waals surface area (Å²) in [6.45, 7) is 1.52. The standard InChI is InChI=1S/C23H23Cl2N3O5/c1-29-18-6-14-17(26-11-27-23(14)28-13-3-4-15(24)16(25)5-13)7-19(18)31-8-12-9-32-22-20(30-2)10-33-21(12)22/h3-7,11-12,20-22H,8-10H2,1-2H3,(H,26,27,28)/t12-,20?,21+,22?/m1/s1. The second kappa shape index (κ2) is 9.48. The lowest BCUT2D eigenvalue weighted by Gasteiger charge is -2.18. The van der Waals surface area contributed by atoms with E-state index in [0.717, 1.165) is 11.1 Å². The molecule has 0 bridgehead atoms. The van der Waals surface area contributed by atoms with Gasteiger partial charge in [0.2, 0.25) is 0 Å². The van der Waals surface area contributed by atoms with Crippen molar-refractivity contribution in [2.45, 2.75) is 18.3 Å². The highest BCUT2D eigenvalue weighted by molar-refractivity contribution is 6.42. The van der Waals surface area contributed by atoms with Crippen LogP contribution in [0.25, 0.3) is 10.9 Å². The number of rotatable bonds is 7. The molecular formula is C23H23Cl2N3O5. The topological polar surface area (TPSA) is 84.0 Å². The number of fused-ring (bicyclic) bond motifs is 2. The molecule has 0 saturated carbocycles. The van der Waals surface area contributed by atoms with Gasteiger partial charge in [0.05, 0.1) is 48.6 Å². The molecule has 10 heteroatoms. The summed E-state index contributed by atoms with van der Waals surface area (Å²) in [7, 11) is 3.28. The van der Waals surface area contributed by atoms with Crippen LogP contribution < -0.4 is 14.8 Å². The van der Waals surface area contributed by atoms with Gasteiger partial charge in [0.25, 0.3) is 0 Å². The van der Waals surface area contributed by atoms with E-state index in [1.807, 2.05) is 18.2 Å². The van der Waals surface area contributed by atoms with Gasteiger partial charge in [0.1, 0.15) is 24.4 Å². The molecule has 5 rings (SSSR count). The maximum absolute atomic E-state index is 6.15. The third-order valence-electron chi connectivity index (χ3n) is 5.97. The summed E-state index contributed by atoms with van der Waals surface area (Å²) in [4.78, 5) is 8.79. The number of nitrogens with zero attached hydrogens (tertiary/aromatic N) is 2. The van der Waals surface area contributed by atoms with Gasteiger partial charge in [-0.3, -0.25) is 0 Å². The Morgan fingerprint density at radius 2 is 1.85 bits per heavy atom. The summed E-state index contributed by atoms with van der Waals surface area (Å²) in [6, 6.07) is 8.99. The first kappa shape index (κ1) is 22.4. The van der Waals surface area contributed by atoms with Gasteiger partial charge >= 0.3 is 0 Å². The summed E-state index contributed by atoms with van der Waals surface area (Å²) in [5, 5.41) is 4.98. The van der Waals surface area contributed by atoms with Crippen molar-refractivity contribution in [3.8, 4) is 11.5 Å². The van der Waals surface area contributed by atoms with Crippen molar-refractivity contribution in [2.75, 3.05) is 39.4 Å². The fraction of sp³-hybridized carbons (Fsp3) is 0.391. The summed E-state index contributed by atoms with van der Waals surface area (Å²) in [5.41, 5.74) is 1.46. The minimum absolute atomic E-state index is 0.0339. The predicted molar refractivity (Wildman–Crippen MR) is 125 cm³/mol. The number of methoxy groups -OCH3 is 2. The second-order valence-corrected chi connectivity index (χ2v) is 8.75. The lowest BCUT2D eigenvalue weighted by atomic mass is 10.0. The third-order valence-corrected chi connectivity index (χ3v) is 6.71. The Bertz CT molecular complexity index is 1160. The van der Waals surface area contributed by atoms with Gasteiger partial charge in [-0.2, -0.15) is 0 Å². The summed E-state index contributed by atoms with van der Waals surface area (Å²) < 4.78 is 29.0. The molecule has 174 valence electrons. The van der Waals surface area contributed by atoms with Gasteiger partial charge in [-0.05, 0) is 24.3 Å². The van der Waals surface area contributed by atoms with Crippen LogP contribution in [0.2, 0.25) is 10.0 Å². The fourth-order valence-electron chi connectivity index (χ4n) is 4.23. The van der Waals surface area contributed by atoms with Gasteiger partial charge < -0.3 is 29.0 Å². The van der Waals surface area contributed by atoms with Crippen LogP contribution in [0.4, 0.5) is 11.5 Å². The van der Waals surface area contributed by atoms with Crippen molar-refractivity contribution >= 4 is 45.6 Å². The molecule has 2 saturated heterocycles.